The Hall–Kier alpha value is -3.23. The number of primary amides is 1. The van der Waals surface area contributed by atoms with Crippen molar-refractivity contribution in [2.75, 3.05) is 10.3 Å². The second-order valence-corrected chi connectivity index (χ2v) is 7.93. The van der Waals surface area contributed by atoms with Crippen LogP contribution in [0.2, 0.25) is 0 Å². The summed E-state index contributed by atoms with van der Waals surface area (Å²) >= 11 is 0. The number of carbonyl (C=O) groups excluding carboxylic acids is 2. The summed E-state index contributed by atoms with van der Waals surface area (Å²) < 4.78 is 13.2. The molecule has 0 saturated heterocycles. The van der Waals surface area contributed by atoms with Gasteiger partial charge in [0.15, 0.2) is 5.82 Å². The summed E-state index contributed by atoms with van der Waals surface area (Å²) in [5.41, 5.74) is 7.13. The molecule has 158 valence electrons. The number of benzene rings is 1. The number of aromatic nitrogens is 2. The van der Waals surface area contributed by atoms with Gasteiger partial charge >= 0.3 is 0 Å². The zero-order chi connectivity index (χ0) is 21.1. The van der Waals surface area contributed by atoms with Crippen molar-refractivity contribution in [3.05, 3.63) is 41.8 Å². The van der Waals surface area contributed by atoms with E-state index >= 15 is 0 Å². The predicted octanol–water partition coefficient (Wildman–Crippen LogP) is 2.73. The summed E-state index contributed by atoms with van der Waals surface area (Å²) in [6.45, 7) is 0. The number of amides is 2. The maximum absolute atomic E-state index is 13.2. The van der Waals surface area contributed by atoms with Crippen LogP contribution in [0.3, 0.4) is 0 Å². The third kappa shape index (κ3) is 4.50. The molecule has 0 radical (unpaired) electrons. The molecule has 1 aliphatic heterocycles. The van der Waals surface area contributed by atoms with Gasteiger partial charge in [0.05, 0.1) is 5.69 Å². The average Bonchev–Trinajstić information content (AvgIpc) is 3.37. The first-order valence-corrected chi connectivity index (χ1v) is 10.3. The minimum Gasteiger partial charge on any atom is -0.368 e. The Bertz CT molecular complexity index is 949. The van der Waals surface area contributed by atoms with Crippen LogP contribution >= 0.6 is 0 Å². The van der Waals surface area contributed by atoms with Crippen LogP contribution in [-0.2, 0) is 16.0 Å². The molecule has 1 atom stereocenters. The number of H-pyrrole nitrogens is 1. The smallest absolute Gasteiger partial charge is 0.273 e. The highest BCUT2D eigenvalue weighted by Gasteiger charge is 2.35. The standard InChI is InChI=1S/C21H25FN6O2/c22-14-6-8-16(9-7-14)28-18(20(23)29)12-17(27-28)21(30)24-19-11-15(25-26-19)10-13-4-2-1-3-5-13/h6-9,11,13,18H,1-5,10,12H2,(H2,23,29)(H2,24,25,26,30). The van der Waals surface area contributed by atoms with Crippen molar-refractivity contribution < 1.29 is 14.0 Å². The largest absolute Gasteiger partial charge is 0.368 e. The van der Waals surface area contributed by atoms with E-state index in [0.29, 0.717) is 17.4 Å². The van der Waals surface area contributed by atoms with Crippen molar-refractivity contribution >= 4 is 29.0 Å². The highest BCUT2D eigenvalue weighted by molar-refractivity contribution is 6.44. The minimum atomic E-state index is -0.808. The van der Waals surface area contributed by atoms with Crippen molar-refractivity contribution in [2.45, 2.75) is 51.0 Å². The van der Waals surface area contributed by atoms with Crippen molar-refractivity contribution in [1.82, 2.24) is 10.2 Å². The Kier molecular flexibility index (Phi) is 5.78. The number of halogens is 1. The maximum atomic E-state index is 13.2. The highest BCUT2D eigenvalue weighted by Crippen LogP contribution is 2.27. The average molecular weight is 412 g/mol. The molecule has 1 aliphatic carbocycles. The first-order chi connectivity index (χ1) is 14.5. The fourth-order valence-corrected chi connectivity index (χ4v) is 4.12. The lowest BCUT2D eigenvalue weighted by Gasteiger charge is -2.20. The number of aromatic amines is 1. The fraction of sp³-hybridized carbons (Fsp3) is 0.429. The predicted molar refractivity (Wildman–Crippen MR) is 111 cm³/mol. The lowest BCUT2D eigenvalue weighted by Crippen LogP contribution is -2.39. The van der Waals surface area contributed by atoms with Crippen LogP contribution in [0, 0.1) is 11.7 Å². The molecular weight excluding hydrogens is 387 g/mol. The monoisotopic (exact) mass is 412 g/mol. The molecule has 2 aliphatic rings. The molecule has 1 unspecified atom stereocenters. The highest BCUT2D eigenvalue weighted by atomic mass is 19.1. The van der Waals surface area contributed by atoms with E-state index in [-0.39, 0.29) is 12.1 Å². The summed E-state index contributed by atoms with van der Waals surface area (Å²) in [4.78, 5) is 24.5. The van der Waals surface area contributed by atoms with Crippen molar-refractivity contribution in [3.8, 4) is 0 Å². The zero-order valence-corrected chi connectivity index (χ0v) is 16.6. The van der Waals surface area contributed by atoms with Gasteiger partial charge in [-0.3, -0.25) is 19.7 Å². The number of anilines is 2. The molecule has 0 spiro atoms. The second-order valence-electron chi connectivity index (χ2n) is 7.93. The summed E-state index contributed by atoms with van der Waals surface area (Å²) in [5, 5.41) is 15.5. The molecule has 0 bridgehead atoms. The quantitative estimate of drug-likeness (QED) is 0.676. The van der Waals surface area contributed by atoms with Crippen LogP contribution in [0.5, 0.6) is 0 Å². The second kappa shape index (κ2) is 8.64. The van der Waals surface area contributed by atoms with Gasteiger partial charge in [0.2, 0.25) is 5.91 Å². The third-order valence-electron chi connectivity index (χ3n) is 5.70. The topological polar surface area (TPSA) is 116 Å². The first kappa shape index (κ1) is 20.1. The summed E-state index contributed by atoms with van der Waals surface area (Å²) in [6.07, 6.45) is 7.30. The van der Waals surface area contributed by atoms with Gasteiger partial charge < -0.3 is 11.1 Å². The molecule has 2 heterocycles. The molecule has 30 heavy (non-hydrogen) atoms. The number of nitrogens with two attached hydrogens (primary N) is 1. The lowest BCUT2D eigenvalue weighted by atomic mass is 9.86. The van der Waals surface area contributed by atoms with E-state index in [1.807, 2.05) is 6.07 Å². The molecule has 1 fully saturated rings. The number of hydrazone groups is 1. The van der Waals surface area contributed by atoms with Gasteiger partial charge in [0.25, 0.3) is 5.91 Å². The summed E-state index contributed by atoms with van der Waals surface area (Å²) in [6, 6.07) is 6.53. The van der Waals surface area contributed by atoms with Crippen LogP contribution in [0.4, 0.5) is 15.9 Å². The number of hydrogen-bond acceptors (Lipinski definition) is 5. The SMILES string of the molecule is NC(=O)C1CC(C(=O)Nc2cc(CC3CCCCC3)[nH]n2)=NN1c1ccc(F)cc1. The van der Waals surface area contributed by atoms with Crippen LogP contribution < -0.4 is 16.1 Å². The van der Waals surface area contributed by atoms with Gasteiger partial charge in [-0.25, -0.2) is 4.39 Å². The molecule has 1 saturated carbocycles. The first-order valence-electron chi connectivity index (χ1n) is 10.3. The van der Waals surface area contributed by atoms with Crippen molar-refractivity contribution in [1.29, 1.82) is 0 Å². The van der Waals surface area contributed by atoms with Crippen LogP contribution in [0.15, 0.2) is 35.4 Å². The molecule has 8 nitrogen and oxygen atoms in total. The Morgan fingerprint density at radius 3 is 2.63 bits per heavy atom. The van der Waals surface area contributed by atoms with Crippen molar-refractivity contribution in [2.24, 2.45) is 16.8 Å². The number of rotatable bonds is 6. The van der Waals surface area contributed by atoms with Crippen molar-refractivity contribution in [3.63, 3.8) is 0 Å². The molecule has 2 amide bonds. The Morgan fingerprint density at radius 2 is 1.93 bits per heavy atom. The minimum absolute atomic E-state index is 0.0674. The van der Waals surface area contributed by atoms with E-state index < -0.39 is 23.7 Å². The number of nitrogens with one attached hydrogen (secondary N) is 2. The lowest BCUT2D eigenvalue weighted by molar-refractivity contribution is -0.119. The van der Waals surface area contributed by atoms with Gasteiger partial charge in [-0.15, -0.1) is 0 Å². The van der Waals surface area contributed by atoms with Gasteiger partial charge in [-0.1, -0.05) is 32.1 Å². The van der Waals surface area contributed by atoms with Crippen LogP contribution in [-0.4, -0.2) is 33.8 Å². The fourth-order valence-electron chi connectivity index (χ4n) is 4.12. The van der Waals surface area contributed by atoms with Crippen LogP contribution in [0.25, 0.3) is 0 Å². The molecule has 9 heteroatoms. The summed E-state index contributed by atoms with van der Waals surface area (Å²) in [5.74, 6) is -0.382. The van der Waals surface area contributed by atoms with Gasteiger partial charge in [0.1, 0.15) is 17.6 Å². The molecule has 1 aromatic heterocycles. The Labute approximate surface area is 173 Å². The molecule has 1 aromatic carbocycles. The van der Waals surface area contributed by atoms with Crippen LogP contribution in [0.1, 0.15) is 44.2 Å². The normalized spacial score (nSPS) is 19.6. The van der Waals surface area contributed by atoms with E-state index in [2.05, 4.69) is 20.6 Å². The molecule has 4 rings (SSSR count). The Morgan fingerprint density at radius 1 is 1.20 bits per heavy atom. The van der Waals surface area contributed by atoms with Gasteiger partial charge in [0, 0.05) is 18.2 Å². The van der Waals surface area contributed by atoms with E-state index in [1.165, 1.54) is 61.4 Å². The summed E-state index contributed by atoms with van der Waals surface area (Å²) in [7, 11) is 0. The van der Waals surface area contributed by atoms with Gasteiger partial charge in [-0.2, -0.15) is 10.2 Å². The third-order valence-corrected chi connectivity index (χ3v) is 5.70. The number of nitrogens with zero attached hydrogens (tertiary/aromatic N) is 3. The number of hydrogen-bond donors (Lipinski definition) is 3. The maximum Gasteiger partial charge on any atom is 0.273 e. The van der Waals surface area contributed by atoms with E-state index in [4.69, 9.17) is 5.73 Å². The molecular formula is C21H25FN6O2. The van der Waals surface area contributed by atoms with E-state index in [0.717, 1.165) is 12.1 Å². The molecule has 4 N–H and O–H groups in total. The molecule has 2 aromatic rings. The number of carbonyl (C=O) groups is 2. The van der Waals surface area contributed by atoms with Gasteiger partial charge in [-0.05, 0) is 36.6 Å². The van der Waals surface area contributed by atoms with E-state index in [9.17, 15) is 14.0 Å². The zero-order valence-electron chi connectivity index (χ0n) is 16.6. The Balaban J connectivity index is 1.43. The van der Waals surface area contributed by atoms with E-state index in [1.54, 1.807) is 0 Å².